The number of nitrogens with zero attached hydrogens (tertiary/aromatic N) is 1. The van der Waals surface area contributed by atoms with E-state index in [4.69, 9.17) is 0 Å². The van der Waals surface area contributed by atoms with Crippen LogP contribution in [0.25, 0.3) is 0 Å². The molecule has 0 fully saturated rings. The second-order valence-electron chi connectivity index (χ2n) is 4.82. The fourth-order valence-electron chi connectivity index (χ4n) is 2.65. The first-order valence-corrected chi connectivity index (χ1v) is 9.69. The zero-order valence-corrected chi connectivity index (χ0v) is 14.6. The highest BCUT2D eigenvalue weighted by molar-refractivity contribution is 9.10. The molecule has 112 valence electrons. The third-order valence-electron chi connectivity index (χ3n) is 3.66. The summed E-state index contributed by atoms with van der Waals surface area (Å²) in [5, 5.41) is 5.03. The number of thiophene rings is 1. The Morgan fingerprint density at radius 3 is 2.76 bits per heavy atom. The Labute approximate surface area is 137 Å². The summed E-state index contributed by atoms with van der Waals surface area (Å²) in [5.74, 6) is 0. The lowest BCUT2D eigenvalue weighted by Crippen LogP contribution is -2.38. The molecular weight excluding hydrogens is 372 g/mol. The van der Waals surface area contributed by atoms with Gasteiger partial charge in [0.25, 0.3) is 10.0 Å². The van der Waals surface area contributed by atoms with Crippen LogP contribution in [0, 0.1) is 0 Å². The number of hydrogen-bond acceptors (Lipinski definition) is 4. The summed E-state index contributed by atoms with van der Waals surface area (Å²) in [6, 6.07) is 9.64. The Morgan fingerprint density at radius 1 is 1.33 bits per heavy atom. The van der Waals surface area contributed by atoms with E-state index < -0.39 is 10.0 Å². The van der Waals surface area contributed by atoms with Crippen molar-refractivity contribution < 1.29 is 8.42 Å². The van der Waals surface area contributed by atoms with Gasteiger partial charge in [0, 0.05) is 17.1 Å². The number of anilines is 1. The highest BCUT2D eigenvalue weighted by Crippen LogP contribution is 2.39. The Morgan fingerprint density at radius 2 is 2.10 bits per heavy atom. The van der Waals surface area contributed by atoms with Crippen molar-refractivity contribution in [3.8, 4) is 0 Å². The summed E-state index contributed by atoms with van der Waals surface area (Å²) in [5.41, 5.74) is 1.80. The normalized spacial score (nSPS) is 18.6. The van der Waals surface area contributed by atoms with Gasteiger partial charge in [-0.3, -0.25) is 4.31 Å². The summed E-state index contributed by atoms with van der Waals surface area (Å²) in [4.78, 5) is 0. The minimum Gasteiger partial charge on any atom is -0.313 e. The SMILES string of the molecule is CNC1CCN(S(=O)(=O)c2sccc2Br)c2ccccc21. The number of para-hydroxylation sites is 1. The number of hydrogen-bond donors (Lipinski definition) is 1. The molecule has 2 heterocycles. The maximum absolute atomic E-state index is 12.9. The van der Waals surface area contributed by atoms with E-state index in [9.17, 15) is 8.42 Å². The molecule has 3 rings (SSSR count). The van der Waals surface area contributed by atoms with Crippen molar-refractivity contribution in [1.82, 2.24) is 5.32 Å². The van der Waals surface area contributed by atoms with Crippen molar-refractivity contribution in [1.29, 1.82) is 0 Å². The highest BCUT2D eigenvalue weighted by Gasteiger charge is 2.34. The molecule has 0 spiro atoms. The molecule has 1 aromatic heterocycles. The Bertz CT molecular complexity index is 758. The van der Waals surface area contributed by atoms with Crippen LogP contribution in [-0.4, -0.2) is 22.0 Å². The average Bonchev–Trinajstić information content (AvgIpc) is 2.93. The molecule has 1 aliphatic heterocycles. The lowest BCUT2D eigenvalue weighted by Gasteiger charge is -2.34. The van der Waals surface area contributed by atoms with E-state index in [1.807, 2.05) is 31.3 Å². The van der Waals surface area contributed by atoms with Crippen molar-refractivity contribution >= 4 is 43.0 Å². The molecule has 2 aromatic rings. The van der Waals surface area contributed by atoms with E-state index in [2.05, 4.69) is 21.2 Å². The zero-order valence-electron chi connectivity index (χ0n) is 11.4. The van der Waals surface area contributed by atoms with Gasteiger partial charge < -0.3 is 5.32 Å². The van der Waals surface area contributed by atoms with E-state index >= 15 is 0 Å². The molecule has 0 saturated heterocycles. The smallest absolute Gasteiger partial charge is 0.274 e. The molecule has 0 aliphatic carbocycles. The van der Waals surface area contributed by atoms with E-state index in [-0.39, 0.29) is 6.04 Å². The molecule has 0 radical (unpaired) electrons. The lowest BCUT2D eigenvalue weighted by atomic mass is 9.98. The van der Waals surface area contributed by atoms with Crippen LogP contribution in [0.2, 0.25) is 0 Å². The van der Waals surface area contributed by atoms with Gasteiger partial charge in [-0.25, -0.2) is 8.42 Å². The molecule has 0 bridgehead atoms. The van der Waals surface area contributed by atoms with Crippen molar-refractivity contribution in [2.45, 2.75) is 16.7 Å². The number of benzene rings is 1. The molecule has 1 N–H and O–H groups in total. The molecule has 7 heteroatoms. The first kappa shape index (κ1) is 15.0. The molecule has 1 atom stereocenters. The molecule has 0 amide bonds. The minimum atomic E-state index is -3.52. The van der Waals surface area contributed by atoms with Crippen LogP contribution in [0.3, 0.4) is 0 Å². The first-order chi connectivity index (χ1) is 10.1. The van der Waals surface area contributed by atoms with Gasteiger partial charge >= 0.3 is 0 Å². The molecule has 1 aliphatic rings. The van der Waals surface area contributed by atoms with Crippen LogP contribution in [0.1, 0.15) is 18.0 Å². The van der Waals surface area contributed by atoms with Crippen LogP contribution < -0.4 is 9.62 Å². The molecule has 0 saturated carbocycles. The van der Waals surface area contributed by atoms with Gasteiger partial charge in [-0.15, -0.1) is 11.3 Å². The number of nitrogens with one attached hydrogen (secondary N) is 1. The largest absolute Gasteiger partial charge is 0.313 e. The number of sulfonamides is 1. The highest BCUT2D eigenvalue weighted by atomic mass is 79.9. The Hall–Kier alpha value is -0.890. The van der Waals surface area contributed by atoms with Crippen LogP contribution in [0.15, 0.2) is 44.4 Å². The second kappa shape index (κ2) is 5.72. The van der Waals surface area contributed by atoms with Gasteiger partial charge in [-0.2, -0.15) is 0 Å². The van der Waals surface area contributed by atoms with Gasteiger partial charge in [0.2, 0.25) is 0 Å². The molecule has 1 unspecified atom stereocenters. The maximum atomic E-state index is 12.9. The topological polar surface area (TPSA) is 49.4 Å². The van der Waals surface area contributed by atoms with E-state index in [1.165, 1.54) is 15.6 Å². The predicted molar refractivity (Wildman–Crippen MR) is 89.4 cm³/mol. The fourth-order valence-corrected chi connectivity index (χ4v) is 6.56. The van der Waals surface area contributed by atoms with Gasteiger partial charge in [-0.05, 0) is 52.5 Å². The van der Waals surface area contributed by atoms with E-state index in [0.29, 0.717) is 15.2 Å². The van der Waals surface area contributed by atoms with E-state index in [1.54, 1.807) is 11.4 Å². The Balaban J connectivity index is 2.11. The van der Waals surface area contributed by atoms with Crippen LogP contribution in [-0.2, 0) is 10.0 Å². The fraction of sp³-hybridized carbons (Fsp3) is 0.286. The van der Waals surface area contributed by atoms with Crippen molar-refractivity contribution in [2.24, 2.45) is 0 Å². The zero-order chi connectivity index (χ0) is 15.0. The molecular formula is C14H15BrN2O2S2. The second-order valence-corrected chi connectivity index (χ2v) is 8.65. The quantitative estimate of drug-likeness (QED) is 0.879. The van der Waals surface area contributed by atoms with Crippen LogP contribution >= 0.6 is 27.3 Å². The standard InChI is InChI=1S/C14H15BrN2O2S2/c1-16-12-6-8-17(13-5-3-2-4-10(12)13)21(18,19)14-11(15)7-9-20-14/h2-5,7,9,12,16H,6,8H2,1H3. The third kappa shape index (κ3) is 2.52. The summed E-state index contributed by atoms with van der Waals surface area (Å²) >= 11 is 4.57. The average molecular weight is 387 g/mol. The van der Waals surface area contributed by atoms with Crippen molar-refractivity contribution in [3.63, 3.8) is 0 Å². The van der Waals surface area contributed by atoms with Crippen LogP contribution in [0.4, 0.5) is 5.69 Å². The maximum Gasteiger partial charge on any atom is 0.274 e. The number of rotatable bonds is 3. The van der Waals surface area contributed by atoms with Crippen molar-refractivity contribution in [2.75, 3.05) is 17.9 Å². The number of fused-ring (bicyclic) bond motifs is 1. The lowest BCUT2D eigenvalue weighted by molar-refractivity contribution is 0.529. The van der Waals surface area contributed by atoms with Gasteiger partial charge in [0.1, 0.15) is 0 Å². The van der Waals surface area contributed by atoms with Crippen molar-refractivity contribution in [3.05, 3.63) is 45.7 Å². The van der Waals surface area contributed by atoms with Gasteiger partial charge in [0.05, 0.1) is 5.69 Å². The van der Waals surface area contributed by atoms with E-state index in [0.717, 1.165) is 17.7 Å². The van der Waals surface area contributed by atoms with Crippen LogP contribution in [0.5, 0.6) is 0 Å². The first-order valence-electron chi connectivity index (χ1n) is 6.57. The molecule has 21 heavy (non-hydrogen) atoms. The Kier molecular flexibility index (Phi) is 4.09. The molecule has 4 nitrogen and oxygen atoms in total. The summed E-state index contributed by atoms with van der Waals surface area (Å²) in [7, 11) is -1.61. The minimum absolute atomic E-state index is 0.194. The van der Waals surface area contributed by atoms with Gasteiger partial charge in [0.15, 0.2) is 4.21 Å². The number of halogens is 1. The summed E-state index contributed by atoms with van der Waals surface area (Å²) < 4.78 is 28.3. The van der Waals surface area contributed by atoms with Gasteiger partial charge in [-0.1, -0.05) is 18.2 Å². The summed E-state index contributed by atoms with van der Waals surface area (Å²) in [6.07, 6.45) is 0.760. The predicted octanol–water partition coefficient (Wildman–Crippen LogP) is 3.37. The third-order valence-corrected chi connectivity index (χ3v) is 8.12. The monoisotopic (exact) mass is 386 g/mol. The summed E-state index contributed by atoms with van der Waals surface area (Å²) in [6.45, 7) is 0.481. The molecule has 1 aromatic carbocycles.